The van der Waals surface area contributed by atoms with Crippen molar-refractivity contribution in [2.24, 2.45) is 5.92 Å². The van der Waals surface area contributed by atoms with E-state index in [4.69, 9.17) is 9.47 Å². The molecule has 5 nitrogen and oxygen atoms in total. The van der Waals surface area contributed by atoms with Crippen LogP contribution in [0.4, 0.5) is 4.39 Å². The standard InChI is InChI=1S/C23H29FN2O3/c1-17(2)16-29-21-6-4-5-18(14-21)23(27)26-11-9-25(10-12-26)15-19-13-20(24)7-8-22(19)28-3/h4-8,13-14,17H,9-12,15-16H2,1-3H3. The molecule has 0 spiro atoms. The van der Waals surface area contributed by atoms with Crippen molar-refractivity contribution in [1.29, 1.82) is 0 Å². The number of carbonyl (C=O) groups excluding carboxylic acids is 1. The normalized spacial score (nSPS) is 14.9. The van der Waals surface area contributed by atoms with Crippen LogP contribution >= 0.6 is 0 Å². The van der Waals surface area contributed by atoms with E-state index in [9.17, 15) is 9.18 Å². The number of piperazine rings is 1. The topological polar surface area (TPSA) is 42.0 Å². The van der Waals surface area contributed by atoms with Crippen molar-refractivity contribution in [2.45, 2.75) is 20.4 Å². The first-order chi connectivity index (χ1) is 14.0. The quantitative estimate of drug-likeness (QED) is 0.709. The van der Waals surface area contributed by atoms with E-state index >= 15 is 0 Å². The monoisotopic (exact) mass is 400 g/mol. The van der Waals surface area contributed by atoms with Gasteiger partial charge in [0, 0.05) is 43.9 Å². The summed E-state index contributed by atoms with van der Waals surface area (Å²) >= 11 is 0. The van der Waals surface area contributed by atoms with Gasteiger partial charge in [-0.1, -0.05) is 19.9 Å². The highest BCUT2D eigenvalue weighted by molar-refractivity contribution is 5.94. The Morgan fingerprint density at radius 2 is 1.86 bits per heavy atom. The zero-order valence-electron chi connectivity index (χ0n) is 17.4. The lowest BCUT2D eigenvalue weighted by molar-refractivity contribution is 0.0627. The summed E-state index contributed by atoms with van der Waals surface area (Å²) in [5.41, 5.74) is 1.47. The lowest BCUT2D eigenvalue weighted by Gasteiger charge is -2.35. The zero-order chi connectivity index (χ0) is 20.8. The molecule has 1 heterocycles. The molecule has 1 fully saturated rings. The smallest absolute Gasteiger partial charge is 0.254 e. The van der Waals surface area contributed by atoms with Gasteiger partial charge in [-0.25, -0.2) is 4.39 Å². The minimum atomic E-state index is -0.269. The van der Waals surface area contributed by atoms with E-state index in [0.717, 1.165) is 24.4 Å². The van der Waals surface area contributed by atoms with Crippen LogP contribution < -0.4 is 9.47 Å². The lowest BCUT2D eigenvalue weighted by Crippen LogP contribution is -2.48. The second-order valence-corrected chi connectivity index (χ2v) is 7.76. The lowest BCUT2D eigenvalue weighted by atomic mass is 10.1. The van der Waals surface area contributed by atoms with Gasteiger partial charge < -0.3 is 14.4 Å². The minimum Gasteiger partial charge on any atom is -0.496 e. The number of nitrogens with zero attached hydrogens (tertiary/aromatic N) is 2. The molecule has 3 rings (SSSR count). The van der Waals surface area contributed by atoms with Gasteiger partial charge in [0.15, 0.2) is 0 Å². The maximum atomic E-state index is 13.6. The molecule has 0 radical (unpaired) electrons. The molecule has 0 bridgehead atoms. The van der Waals surface area contributed by atoms with Crippen LogP contribution in [-0.2, 0) is 6.54 Å². The molecule has 1 aliphatic rings. The molecule has 1 aliphatic heterocycles. The Balaban J connectivity index is 1.57. The third-order valence-corrected chi connectivity index (χ3v) is 4.96. The first kappa shape index (κ1) is 21.1. The van der Waals surface area contributed by atoms with E-state index in [2.05, 4.69) is 18.7 Å². The van der Waals surface area contributed by atoms with Crippen LogP contribution in [0.15, 0.2) is 42.5 Å². The van der Waals surface area contributed by atoms with Gasteiger partial charge in [-0.2, -0.15) is 0 Å². The van der Waals surface area contributed by atoms with E-state index < -0.39 is 0 Å². The van der Waals surface area contributed by atoms with Gasteiger partial charge >= 0.3 is 0 Å². The Bertz CT molecular complexity index is 833. The highest BCUT2D eigenvalue weighted by Gasteiger charge is 2.23. The summed E-state index contributed by atoms with van der Waals surface area (Å²) in [5, 5.41) is 0. The van der Waals surface area contributed by atoms with Crippen molar-refractivity contribution in [3.8, 4) is 11.5 Å². The van der Waals surface area contributed by atoms with Crippen LogP contribution in [0.25, 0.3) is 0 Å². The molecule has 2 aromatic rings. The summed E-state index contributed by atoms with van der Waals surface area (Å²) in [6, 6.07) is 11.9. The first-order valence-electron chi connectivity index (χ1n) is 10.0. The molecule has 0 saturated carbocycles. The molecule has 0 unspecified atom stereocenters. The molecule has 0 aliphatic carbocycles. The summed E-state index contributed by atoms with van der Waals surface area (Å²) in [4.78, 5) is 17.0. The number of benzene rings is 2. The zero-order valence-corrected chi connectivity index (χ0v) is 17.4. The number of ether oxygens (including phenoxy) is 2. The third-order valence-electron chi connectivity index (χ3n) is 4.96. The molecule has 1 saturated heterocycles. The van der Waals surface area contributed by atoms with Gasteiger partial charge in [0.2, 0.25) is 0 Å². The number of hydrogen-bond acceptors (Lipinski definition) is 4. The largest absolute Gasteiger partial charge is 0.496 e. The van der Waals surface area contributed by atoms with E-state index in [-0.39, 0.29) is 11.7 Å². The fourth-order valence-corrected chi connectivity index (χ4v) is 3.39. The predicted octanol–water partition coefficient (Wildman–Crippen LogP) is 3.83. The second kappa shape index (κ2) is 9.74. The number of methoxy groups -OCH3 is 1. The minimum absolute atomic E-state index is 0.0167. The Hall–Kier alpha value is -2.60. The molecule has 6 heteroatoms. The molecule has 0 atom stereocenters. The van der Waals surface area contributed by atoms with Crippen LogP contribution in [0.5, 0.6) is 11.5 Å². The van der Waals surface area contributed by atoms with Crippen molar-refractivity contribution in [1.82, 2.24) is 9.80 Å². The maximum Gasteiger partial charge on any atom is 0.254 e. The van der Waals surface area contributed by atoms with Crippen molar-refractivity contribution >= 4 is 5.91 Å². The molecule has 0 aromatic heterocycles. The maximum absolute atomic E-state index is 13.6. The highest BCUT2D eigenvalue weighted by atomic mass is 19.1. The van der Waals surface area contributed by atoms with Gasteiger partial charge in [-0.3, -0.25) is 9.69 Å². The van der Waals surface area contributed by atoms with Crippen LogP contribution in [0.1, 0.15) is 29.8 Å². The van der Waals surface area contributed by atoms with Crippen LogP contribution in [0.2, 0.25) is 0 Å². The third kappa shape index (κ3) is 5.70. The van der Waals surface area contributed by atoms with E-state index in [1.165, 1.54) is 12.1 Å². The molecule has 156 valence electrons. The first-order valence-corrected chi connectivity index (χ1v) is 10.0. The van der Waals surface area contributed by atoms with Crippen molar-refractivity contribution in [2.75, 3.05) is 39.9 Å². The fraction of sp³-hybridized carbons (Fsp3) is 0.435. The summed E-state index contributed by atoms with van der Waals surface area (Å²) in [7, 11) is 1.59. The number of amides is 1. The van der Waals surface area contributed by atoms with Crippen LogP contribution in [0, 0.1) is 11.7 Å². The van der Waals surface area contributed by atoms with Crippen LogP contribution in [0.3, 0.4) is 0 Å². The van der Waals surface area contributed by atoms with E-state index in [1.54, 1.807) is 13.2 Å². The second-order valence-electron chi connectivity index (χ2n) is 7.76. The number of halogens is 1. The molecular formula is C23H29FN2O3. The SMILES string of the molecule is COc1ccc(F)cc1CN1CCN(C(=O)c2cccc(OCC(C)C)c2)CC1. The predicted molar refractivity (Wildman–Crippen MR) is 111 cm³/mol. The van der Waals surface area contributed by atoms with Crippen molar-refractivity contribution in [3.05, 3.63) is 59.4 Å². The molecule has 29 heavy (non-hydrogen) atoms. The fourth-order valence-electron chi connectivity index (χ4n) is 3.39. The van der Waals surface area contributed by atoms with Crippen LogP contribution in [-0.4, -0.2) is 55.6 Å². The Morgan fingerprint density at radius 1 is 1.10 bits per heavy atom. The van der Waals surface area contributed by atoms with Gasteiger partial charge in [-0.05, 0) is 42.3 Å². The molecular weight excluding hydrogens is 371 g/mol. The van der Waals surface area contributed by atoms with Gasteiger partial charge in [0.25, 0.3) is 5.91 Å². The number of carbonyl (C=O) groups is 1. The highest BCUT2D eigenvalue weighted by Crippen LogP contribution is 2.22. The Kier molecular flexibility index (Phi) is 7.09. The Labute approximate surface area is 172 Å². The molecule has 0 N–H and O–H groups in total. The summed E-state index contributed by atoms with van der Waals surface area (Å²) in [6.07, 6.45) is 0. The van der Waals surface area contributed by atoms with Crippen molar-refractivity contribution in [3.63, 3.8) is 0 Å². The van der Waals surface area contributed by atoms with Gasteiger partial charge in [-0.15, -0.1) is 0 Å². The number of hydrogen-bond donors (Lipinski definition) is 0. The van der Waals surface area contributed by atoms with E-state index in [0.29, 0.717) is 43.5 Å². The summed E-state index contributed by atoms with van der Waals surface area (Å²) < 4.78 is 24.7. The average molecular weight is 400 g/mol. The van der Waals surface area contributed by atoms with Gasteiger partial charge in [0.05, 0.1) is 13.7 Å². The molecule has 1 amide bonds. The van der Waals surface area contributed by atoms with Crippen molar-refractivity contribution < 1.29 is 18.7 Å². The number of rotatable bonds is 7. The van der Waals surface area contributed by atoms with E-state index in [1.807, 2.05) is 29.2 Å². The molecule has 2 aromatic carbocycles. The average Bonchev–Trinajstić information content (AvgIpc) is 2.73. The van der Waals surface area contributed by atoms with Gasteiger partial charge in [0.1, 0.15) is 17.3 Å². The summed E-state index contributed by atoms with van der Waals surface area (Å²) in [5.74, 6) is 1.58. The Morgan fingerprint density at radius 3 is 2.55 bits per heavy atom. The summed E-state index contributed by atoms with van der Waals surface area (Å²) in [6.45, 7) is 8.13.